The number of nitrogens with two attached hydrogens (primary N) is 1. The van der Waals surface area contributed by atoms with E-state index < -0.39 is 16.7 Å². The first kappa shape index (κ1) is 20.6. The highest BCUT2D eigenvalue weighted by Gasteiger charge is 2.31. The van der Waals surface area contributed by atoms with Gasteiger partial charge in [-0.1, -0.05) is 6.42 Å². The summed E-state index contributed by atoms with van der Waals surface area (Å²) in [4.78, 5) is 11.4. The second-order valence-electron chi connectivity index (χ2n) is 4.96. The van der Waals surface area contributed by atoms with Crippen molar-refractivity contribution in [2.24, 2.45) is 5.73 Å². The van der Waals surface area contributed by atoms with Crippen molar-refractivity contribution in [2.45, 2.75) is 38.1 Å². The highest BCUT2D eigenvalue weighted by atomic mass is 35.5. The Morgan fingerprint density at radius 3 is 2.71 bits per heavy atom. The summed E-state index contributed by atoms with van der Waals surface area (Å²) in [6.07, 6.45) is 2.72. The van der Waals surface area contributed by atoms with Gasteiger partial charge in [0.15, 0.2) is 0 Å². The summed E-state index contributed by atoms with van der Waals surface area (Å²) in [7, 11) is -3.44. The van der Waals surface area contributed by atoms with Crippen molar-refractivity contribution in [3.63, 3.8) is 0 Å². The molecule has 21 heavy (non-hydrogen) atoms. The summed E-state index contributed by atoms with van der Waals surface area (Å²) in [5.74, 6) is -0.337. The van der Waals surface area contributed by atoms with Crippen LogP contribution in [-0.4, -0.2) is 56.7 Å². The number of carbonyl (C=O) groups is 1. The normalized spacial score (nSPS) is 19.8. The van der Waals surface area contributed by atoms with Gasteiger partial charge in [-0.3, -0.25) is 9.18 Å². The van der Waals surface area contributed by atoms with Gasteiger partial charge in [0.2, 0.25) is 15.9 Å². The molecule has 0 aromatic rings. The number of nitrogens with zero attached hydrogens (tertiary/aromatic N) is 1. The van der Waals surface area contributed by atoms with Crippen LogP contribution in [0.5, 0.6) is 0 Å². The number of halogens is 2. The molecule has 126 valence electrons. The fourth-order valence-electron chi connectivity index (χ4n) is 2.35. The van der Waals surface area contributed by atoms with Gasteiger partial charge in [-0.25, -0.2) is 8.42 Å². The molecule has 1 heterocycles. The van der Waals surface area contributed by atoms with Crippen LogP contribution in [0, 0.1) is 0 Å². The van der Waals surface area contributed by atoms with Crippen LogP contribution in [0.4, 0.5) is 4.39 Å². The summed E-state index contributed by atoms with van der Waals surface area (Å²) in [6.45, 7) is 0.389. The third-order valence-electron chi connectivity index (χ3n) is 3.37. The van der Waals surface area contributed by atoms with Crippen molar-refractivity contribution in [1.29, 1.82) is 0 Å². The molecule has 0 saturated carbocycles. The quantitative estimate of drug-likeness (QED) is 0.666. The SMILES string of the molecule is Cl.NCCC(=O)NCC1CCCCN1S(=O)(=O)CCCF. The van der Waals surface area contributed by atoms with E-state index in [4.69, 9.17) is 5.73 Å². The molecular weight excluding hydrogens is 321 g/mol. The van der Waals surface area contributed by atoms with Crippen LogP contribution in [0.1, 0.15) is 32.1 Å². The Kier molecular flexibility index (Phi) is 10.1. The number of hydrogen-bond acceptors (Lipinski definition) is 4. The maximum Gasteiger partial charge on any atom is 0.221 e. The molecular formula is C12H25ClFN3O3S. The van der Waals surface area contributed by atoms with Gasteiger partial charge in [-0.05, 0) is 19.3 Å². The Hall–Kier alpha value is -0.440. The van der Waals surface area contributed by atoms with Gasteiger partial charge in [0, 0.05) is 32.1 Å². The summed E-state index contributed by atoms with van der Waals surface area (Å²) in [6, 6.07) is -0.227. The van der Waals surface area contributed by atoms with Crippen LogP contribution in [0.3, 0.4) is 0 Å². The van der Waals surface area contributed by atoms with Gasteiger partial charge in [-0.15, -0.1) is 12.4 Å². The Bertz CT molecular complexity index is 409. The van der Waals surface area contributed by atoms with E-state index in [9.17, 15) is 17.6 Å². The topological polar surface area (TPSA) is 92.5 Å². The van der Waals surface area contributed by atoms with Gasteiger partial charge in [0.05, 0.1) is 12.4 Å². The number of hydrogen-bond donors (Lipinski definition) is 2. The van der Waals surface area contributed by atoms with Crippen molar-refractivity contribution in [2.75, 3.05) is 32.1 Å². The minimum atomic E-state index is -3.44. The maximum absolute atomic E-state index is 12.2. The van der Waals surface area contributed by atoms with E-state index in [1.54, 1.807) is 0 Å². The minimum Gasteiger partial charge on any atom is -0.354 e. The molecule has 0 spiro atoms. The zero-order chi connectivity index (χ0) is 15.0. The van der Waals surface area contributed by atoms with Crippen molar-refractivity contribution in [1.82, 2.24) is 9.62 Å². The summed E-state index contributed by atoms with van der Waals surface area (Å²) in [5, 5.41) is 2.71. The van der Waals surface area contributed by atoms with E-state index in [0.717, 1.165) is 19.3 Å². The van der Waals surface area contributed by atoms with Gasteiger partial charge in [-0.2, -0.15) is 4.31 Å². The number of amides is 1. The zero-order valence-corrected chi connectivity index (χ0v) is 13.7. The molecule has 1 aliphatic rings. The van der Waals surface area contributed by atoms with E-state index in [0.29, 0.717) is 13.1 Å². The molecule has 1 amide bonds. The molecule has 1 atom stereocenters. The number of sulfonamides is 1. The van der Waals surface area contributed by atoms with Crippen LogP contribution >= 0.6 is 12.4 Å². The fourth-order valence-corrected chi connectivity index (χ4v) is 4.10. The van der Waals surface area contributed by atoms with Gasteiger partial charge in [0.1, 0.15) is 0 Å². The monoisotopic (exact) mass is 345 g/mol. The Morgan fingerprint density at radius 1 is 1.38 bits per heavy atom. The molecule has 0 bridgehead atoms. The molecule has 0 aromatic heterocycles. The Morgan fingerprint density at radius 2 is 2.10 bits per heavy atom. The average Bonchev–Trinajstić information content (AvgIpc) is 2.43. The van der Waals surface area contributed by atoms with Crippen molar-refractivity contribution >= 4 is 28.3 Å². The van der Waals surface area contributed by atoms with Crippen LogP contribution < -0.4 is 11.1 Å². The van der Waals surface area contributed by atoms with Crippen LogP contribution in [0.25, 0.3) is 0 Å². The molecule has 1 rings (SSSR count). The first-order valence-corrected chi connectivity index (χ1v) is 8.64. The number of carbonyl (C=O) groups excluding carboxylic acids is 1. The molecule has 3 N–H and O–H groups in total. The summed E-state index contributed by atoms with van der Waals surface area (Å²) < 4.78 is 37.9. The molecule has 1 unspecified atom stereocenters. The fraction of sp³-hybridized carbons (Fsp3) is 0.917. The van der Waals surface area contributed by atoms with Crippen LogP contribution in [-0.2, 0) is 14.8 Å². The van der Waals surface area contributed by atoms with Crippen molar-refractivity contribution in [3.05, 3.63) is 0 Å². The molecule has 6 nitrogen and oxygen atoms in total. The smallest absolute Gasteiger partial charge is 0.221 e. The lowest BCUT2D eigenvalue weighted by atomic mass is 10.1. The van der Waals surface area contributed by atoms with Crippen LogP contribution in [0.15, 0.2) is 0 Å². The second-order valence-corrected chi connectivity index (χ2v) is 7.00. The molecule has 1 saturated heterocycles. The van der Waals surface area contributed by atoms with Gasteiger partial charge < -0.3 is 11.1 Å². The second kappa shape index (κ2) is 10.3. The molecule has 0 radical (unpaired) electrons. The Labute approximate surface area is 132 Å². The molecule has 0 aliphatic carbocycles. The molecule has 1 fully saturated rings. The molecule has 9 heteroatoms. The van der Waals surface area contributed by atoms with E-state index in [1.165, 1.54) is 4.31 Å². The number of nitrogens with one attached hydrogen (secondary N) is 1. The van der Waals surface area contributed by atoms with Crippen molar-refractivity contribution in [3.8, 4) is 0 Å². The van der Waals surface area contributed by atoms with E-state index in [-0.39, 0.29) is 49.5 Å². The molecule has 0 aromatic carbocycles. The zero-order valence-electron chi connectivity index (χ0n) is 12.1. The van der Waals surface area contributed by atoms with E-state index in [1.807, 2.05) is 0 Å². The van der Waals surface area contributed by atoms with Crippen LogP contribution in [0.2, 0.25) is 0 Å². The van der Waals surface area contributed by atoms with Gasteiger partial charge in [0.25, 0.3) is 0 Å². The summed E-state index contributed by atoms with van der Waals surface area (Å²) in [5.41, 5.74) is 5.29. The number of alkyl halides is 1. The lowest BCUT2D eigenvalue weighted by Gasteiger charge is -2.34. The summed E-state index contributed by atoms with van der Waals surface area (Å²) >= 11 is 0. The highest BCUT2D eigenvalue weighted by Crippen LogP contribution is 2.20. The minimum absolute atomic E-state index is 0. The first-order chi connectivity index (χ1) is 9.51. The molecule has 1 aliphatic heterocycles. The lowest BCUT2D eigenvalue weighted by Crippen LogP contribution is -2.50. The predicted octanol–water partition coefficient (Wildman–Crippen LogP) is 0.417. The maximum atomic E-state index is 12.2. The number of piperidine rings is 1. The highest BCUT2D eigenvalue weighted by molar-refractivity contribution is 7.89. The van der Waals surface area contributed by atoms with E-state index in [2.05, 4.69) is 5.32 Å². The average molecular weight is 346 g/mol. The van der Waals surface area contributed by atoms with E-state index >= 15 is 0 Å². The standard InChI is InChI=1S/C12H24FN3O3S.ClH/c13-6-3-9-20(18,19)16-8-2-1-4-11(16)10-15-12(17)5-7-14;/h11H,1-10,14H2,(H,15,17);1H. The first-order valence-electron chi connectivity index (χ1n) is 7.03. The van der Waals surface area contributed by atoms with Gasteiger partial charge >= 0.3 is 0 Å². The van der Waals surface area contributed by atoms with Crippen molar-refractivity contribution < 1.29 is 17.6 Å². The number of rotatable bonds is 8. The Balaban J connectivity index is 0.00000400. The third kappa shape index (κ3) is 6.90. The lowest BCUT2D eigenvalue weighted by molar-refractivity contribution is -0.121. The third-order valence-corrected chi connectivity index (χ3v) is 5.37. The predicted molar refractivity (Wildman–Crippen MR) is 82.7 cm³/mol. The largest absolute Gasteiger partial charge is 0.354 e.